The fourth-order valence-electron chi connectivity index (χ4n) is 2.29. The van der Waals surface area contributed by atoms with Crippen LogP contribution in [-0.2, 0) is 11.3 Å². The lowest BCUT2D eigenvalue weighted by Crippen LogP contribution is -2.04. The van der Waals surface area contributed by atoms with Gasteiger partial charge in [-0.05, 0) is 29.3 Å². The van der Waals surface area contributed by atoms with E-state index in [1.165, 1.54) is 10.8 Å². The first-order valence-electron chi connectivity index (χ1n) is 6.93. The Bertz CT molecular complexity index is 777. The highest BCUT2D eigenvalue weighted by Gasteiger charge is 2.09. The first-order chi connectivity index (χ1) is 10.3. The van der Waals surface area contributed by atoms with E-state index in [1.54, 1.807) is 24.0 Å². The Balaban J connectivity index is 1.80. The molecule has 0 N–H and O–H groups in total. The lowest BCUT2D eigenvalue weighted by molar-refractivity contribution is 0.0526. The monoisotopic (exact) mass is 280 g/mol. The second-order valence-electron chi connectivity index (χ2n) is 4.83. The first kappa shape index (κ1) is 13.4. The van der Waals surface area contributed by atoms with Gasteiger partial charge in [0.1, 0.15) is 0 Å². The molecule has 0 bridgehead atoms. The fourth-order valence-corrected chi connectivity index (χ4v) is 2.29. The quantitative estimate of drug-likeness (QED) is 0.689. The van der Waals surface area contributed by atoms with Gasteiger partial charge in [0, 0.05) is 6.20 Å². The predicted octanol–water partition coefficient (Wildman–Crippen LogP) is 3.26. The number of hydrogen-bond donors (Lipinski definition) is 0. The molecule has 4 heteroatoms. The molecule has 106 valence electrons. The van der Waals surface area contributed by atoms with Crippen molar-refractivity contribution in [3.05, 3.63) is 66.0 Å². The van der Waals surface area contributed by atoms with Crippen LogP contribution in [0.3, 0.4) is 0 Å². The highest BCUT2D eigenvalue weighted by Crippen LogP contribution is 2.16. The van der Waals surface area contributed by atoms with Crippen molar-refractivity contribution in [1.82, 2.24) is 9.78 Å². The summed E-state index contributed by atoms with van der Waals surface area (Å²) in [4.78, 5) is 11.6. The summed E-state index contributed by atoms with van der Waals surface area (Å²) in [6.07, 6.45) is 3.26. The Kier molecular flexibility index (Phi) is 3.69. The summed E-state index contributed by atoms with van der Waals surface area (Å²) >= 11 is 0. The second kappa shape index (κ2) is 5.79. The van der Waals surface area contributed by atoms with Gasteiger partial charge in [-0.25, -0.2) is 4.79 Å². The van der Waals surface area contributed by atoms with Crippen molar-refractivity contribution in [3.63, 3.8) is 0 Å². The van der Waals surface area contributed by atoms with Crippen LogP contribution in [0.1, 0.15) is 22.8 Å². The van der Waals surface area contributed by atoms with E-state index in [-0.39, 0.29) is 5.97 Å². The van der Waals surface area contributed by atoms with Crippen LogP contribution >= 0.6 is 0 Å². The van der Waals surface area contributed by atoms with Gasteiger partial charge >= 0.3 is 5.97 Å². The van der Waals surface area contributed by atoms with E-state index in [2.05, 4.69) is 35.4 Å². The number of carbonyl (C=O) groups excluding carboxylic acids is 1. The summed E-state index contributed by atoms with van der Waals surface area (Å²) in [6, 6.07) is 14.5. The van der Waals surface area contributed by atoms with Crippen molar-refractivity contribution in [3.8, 4) is 0 Å². The van der Waals surface area contributed by atoms with E-state index < -0.39 is 0 Å². The molecular formula is C17H16N2O2. The second-order valence-corrected chi connectivity index (χ2v) is 4.83. The van der Waals surface area contributed by atoms with Crippen molar-refractivity contribution in [2.75, 3.05) is 6.61 Å². The third kappa shape index (κ3) is 2.94. The maximum atomic E-state index is 11.6. The van der Waals surface area contributed by atoms with Gasteiger partial charge in [-0.3, -0.25) is 4.68 Å². The highest BCUT2D eigenvalue weighted by atomic mass is 16.5. The van der Waals surface area contributed by atoms with E-state index in [1.807, 2.05) is 12.1 Å². The lowest BCUT2D eigenvalue weighted by atomic mass is 10.1. The van der Waals surface area contributed by atoms with E-state index in [4.69, 9.17) is 4.74 Å². The summed E-state index contributed by atoms with van der Waals surface area (Å²) in [6.45, 7) is 2.79. The molecule has 0 aliphatic heterocycles. The number of aromatic nitrogens is 2. The fraction of sp³-hybridized carbons (Fsp3) is 0.176. The van der Waals surface area contributed by atoms with Gasteiger partial charge in [0.05, 0.1) is 24.9 Å². The number of nitrogens with zero attached hydrogens (tertiary/aromatic N) is 2. The molecule has 0 saturated carbocycles. The largest absolute Gasteiger partial charge is 0.462 e. The van der Waals surface area contributed by atoms with Crippen LogP contribution in [0, 0.1) is 0 Å². The molecule has 0 spiro atoms. The third-order valence-corrected chi connectivity index (χ3v) is 3.30. The zero-order valence-corrected chi connectivity index (χ0v) is 11.8. The summed E-state index contributed by atoms with van der Waals surface area (Å²) in [5.41, 5.74) is 1.63. The van der Waals surface area contributed by atoms with E-state index in [9.17, 15) is 4.79 Å². The molecule has 0 aliphatic rings. The molecule has 1 aromatic heterocycles. The van der Waals surface area contributed by atoms with Gasteiger partial charge in [0.15, 0.2) is 0 Å². The average molecular weight is 280 g/mol. The molecule has 0 unspecified atom stereocenters. The number of ether oxygens (including phenoxy) is 1. The van der Waals surface area contributed by atoms with Crippen molar-refractivity contribution >= 4 is 16.7 Å². The van der Waals surface area contributed by atoms with E-state index >= 15 is 0 Å². The van der Waals surface area contributed by atoms with Crippen LogP contribution in [0.15, 0.2) is 54.9 Å². The van der Waals surface area contributed by atoms with Crippen molar-refractivity contribution in [1.29, 1.82) is 0 Å². The van der Waals surface area contributed by atoms with Gasteiger partial charge in [-0.15, -0.1) is 0 Å². The molecule has 21 heavy (non-hydrogen) atoms. The molecule has 3 aromatic rings. The van der Waals surface area contributed by atoms with Crippen molar-refractivity contribution in [2.24, 2.45) is 0 Å². The summed E-state index contributed by atoms with van der Waals surface area (Å²) in [7, 11) is 0. The Hall–Kier alpha value is -2.62. The molecule has 1 heterocycles. The minimum Gasteiger partial charge on any atom is -0.462 e. The zero-order chi connectivity index (χ0) is 14.7. The number of benzene rings is 2. The first-order valence-corrected chi connectivity index (χ1v) is 6.93. The van der Waals surface area contributed by atoms with Crippen LogP contribution < -0.4 is 0 Å². The molecular weight excluding hydrogens is 264 g/mol. The minimum absolute atomic E-state index is 0.331. The van der Waals surface area contributed by atoms with E-state index in [0.29, 0.717) is 18.7 Å². The van der Waals surface area contributed by atoms with Crippen LogP contribution in [0.25, 0.3) is 10.8 Å². The van der Waals surface area contributed by atoms with E-state index in [0.717, 1.165) is 5.56 Å². The van der Waals surface area contributed by atoms with Crippen molar-refractivity contribution in [2.45, 2.75) is 13.5 Å². The smallest absolute Gasteiger partial charge is 0.341 e. The highest BCUT2D eigenvalue weighted by molar-refractivity contribution is 5.88. The number of carbonyl (C=O) groups is 1. The molecule has 0 saturated heterocycles. The summed E-state index contributed by atoms with van der Waals surface area (Å²) in [5, 5.41) is 6.63. The standard InChI is InChI=1S/C17H16N2O2/c1-2-21-17(20)16-10-18-19(12-16)11-13-7-8-14-5-3-4-6-15(14)9-13/h3-10,12H,2,11H2,1H3. The van der Waals surface area contributed by atoms with Gasteiger partial charge in [-0.1, -0.05) is 36.4 Å². The maximum absolute atomic E-state index is 11.6. The molecule has 0 fully saturated rings. The Labute approximate surface area is 123 Å². The van der Waals surface area contributed by atoms with Crippen LogP contribution in [0.4, 0.5) is 0 Å². The van der Waals surface area contributed by atoms with Gasteiger partial charge in [0.2, 0.25) is 0 Å². The normalized spacial score (nSPS) is 10.7. The molecule has 0 radical (unpaired) electrons. The predicted molar refractivity (Wildman–Crippen MR) is 81.2 cm³/mol. The zero-order valence-electron chi connectivity index (χ0n) is 11.8. The molecule has 0 aliphatic carbocycles. The van der Waals surface area contributed by atoms with Gasteiger partial charge in [0.25, 0.3) is 0 Å². The minimum atomic E-state index is -0.331. The van der Waals surface area contributed by atoms with Crippen molar-refractivity contribution < 1.29 is 9.53 Å². The molecule has 4 nitrogen and oxygen atoms in total. The topological polar surface area (TPSA) is 44.1 Å². The molecule has 0 amide bonds. The van der Waals surface area contributed by atoms with Gasteiger partial charge < -0.3 is 4.74 Å². The third-order valence-electron chi connectivity index (χ3n) is 3.30. The SMILES string of the molecule is CCOC(=O)c1cnn(Cc2ccc3ccccc3c2)c1. The number of fused-ring (bicyclic) bond motifs is 1. The van der Waals surface area contributed by atoms with Crippen LogP contribution in [-0.4, -0.2) is 22.4 Å². The molecule has 2 aromatic carbocycles. The average Bonchev–Trinajstić information content (AvgIpc) is 2.96. The Morgan fingerprint density at radius 3 is 2.81 bits per heavy atom. The van der Waals surface area contributed by atoms with Crippen LogP contribution in [0.5, 0.6) is 0 Å². The van der Waals surface area contributed by atoms with Crippen LogP contribution in [0.2, 0.25) is 0 Å². The summed E-state index contributed by atoms with van der Waals surface area (Å²) < 4.78 is 6.70. The lowest BCUT2D eigenvalue weighted by Gasteiger charge is -2.04. The molecule has 0 atom stereocenters. The molecule has 3 rings (SSSR count). The van der Waals surface area contributed by atoms with Gasteiger partial charge in [-0.2, -0.15) is 5.10 Å². The summed E-state index contributed by atoms with van der Waals surface area (Å²) in [5.74, 6) is -0.331. The number of esters is 1. The maximum Gasteiger partial charge on any atom is 0.341 e. The number of hydrogen-bond acceptors (Lipinski definition) is 3. The number of rotatable bonds is 4. The Morgan fingerprint density at radius 2 is 2.00 bits per heavy atom. The Morgan fingerprint density at radius 1 is 1.19 bits per heavy atom.